The van der Waals surface area contributed by atoms with Crippen LogP contribution in [0.15, 0.2) is 53.3 Å². The van der Waals surface area contributed by atoms with Gasteiger partial charge in [-0.3, -0.25) is 0 Å². The highest BCUT2D eigenvalue weighted by atomic mass is 79.9. The summed E-state index contributed by atoms with van der Waals surface area (Å²) in [7, 11) is 0. The summed E-state index contributed by atoms with van der Waals surface area (Å²) in [5, 5.41) is 21.1. The van der Waals surface area contributed by atoms with E-state index in [1.165, 1.54) is 0 Å². The van der Waals surface area contributed by atoms with Crippen molar-refractivity contribution in [3.63, 3.8) is 0 Å². The van der Waals surface area contributed by atoms with E-state index in [1.54, 1.807) is 16.8 Å². The summed E-state index contributed by atoms with van der Waals surface area (Å²) in [4.78, 5) is 4.68. The predicted octanol–water partition coefficient (Wildman–Crippen LogP) is 5.29. The summed E-state index contributed by atoms with van der Waals surface area (Å²) in [5.74, 6) is 1.51. The molecule has 0 unspecified atom stereocenters. The molecule has 2 aromatic heterocycles. The van der Waals surface area contributed by atoms with Crippen molar-refractivity contribution in [2.45, 2.75) is 52.0 Å². The molecule has 1 aliphatic rings. The third kappa shape index (κ3) is 5.02. The lowest BCUT2D eigenvalue weighted by Gasteiger charge is -2.29. The van der Waals surface area contributed by atoms with Gasteiger partial charge in [-0.25, -0.2) is 4.98 Å². The summed E-state index contributed by atoms with van der Waals surface area (Å²) in [6, 6.07) is 1.92. The number of aliphatic hydroxyl groups is 1. The minimum absolute atomic E-state index is 0.102. The quantitative estimate of drug-likeness (QED) is 0.502. The SMILES string of the molecule is C=C/C=C\C(=C/C)Nc1cc(NC2(CO)CCCC2)nc2c(Br)cnn12.CC. The minimum atomic E-state index is -0.290. The molecule has 0 atom stereocenters. The second-order valence-electron chi connectivity index (χ2n) is 6.49. The number of nitrogens with one attached hydrogen (secondary N) is 2. The van der Waals surface area contributed by atoms with Crippen molar-refractivity contribution in [2.24, 2.45) is 0 Å². The van der Waals surface area contributed by atoms with E-state index in [2.05, 4.69) is 43.2 Å². The van der Waals surface area contributed by atoms with Crippen LogP contribution in [0.2, 0.25) is 0 Å². The van der Waals surface area contributed by atoms with E-state index in [-0.39, 0.29) is 12.1 Å². The van der Waals surface area contributed by atoms with Crippen molar-refractivity contribution < 1.29 is 5.11 Å². The Labute approximate surface area is 175 Å². The fourth-order valence-corrected chi connectivity index (χ4v) is 3.61. The van der Waals surface area contributed by atoms with Gasteiger partial charge in [-0.2, -0.15) is 9.61 Å². The Morgan fingerprint density at radius 1 is 1.39 bits per heavy atom. The van der Waals surface area contributed by atoms with E-state index >= 15 is 0 Å². The highest BCUT2D eigenvalue weighted by Gasteiger charge is 2.33. The molecule has 0 spiro atoms. The third-order valence-electron chi connectivity index (χ3n) is 4.68. The van der Waals surface area contributed by atoms with Crippen LogP contribution >= 0.6 is 15.9 Å². The monoisotopic (exact) mass is 447 g/mol. The van der Waals surface area contributed by atoms with Gasteiger partial charge in [0.05, 0.1) is 22.8 Å². The highest BCUT2D eigenvalue weighted by molar-refractivity contribution is 9.10. The van der Waals surface area contributed by atoms with Gasteiger partial charge in [0, 0.05) is 11.8 Å². The molecule has 0 aliphatic heterocycles. The zero-order chi connectivity index (χ0) is 20.6. The molecule has 1 fully saturated rings. The summed E-state index contributed by atoms with van der Waals surface area (Å²) < 4.78 is 2.57. The summed E-state index contributed by atoms with van der Waals surface area (Å²) in [5.41, 5.74) is 1.35. The lowest BCUT2D eigenvalue weighted by atomic mass is 9.99. The van der Waals surface area contributed by atoms with Crippen LogP contribution in [-0.4, -0.2) is 31.9 Å². The van der Waals surface area contributed by atoms with Gasteiger partial charge >= 0.3 is 0 Å². The van der Waals surface area contributed by atoms with Crippen LogP contribution in [0.4, 0.5) is 11.6 Å². The molecule has 1 aliphatic carbocycles. The number of rotatable bonds is 7. The van der Waals surface area contributed by atoms with Crippen LogP contribution in [0.5, 0.6) is 0 Å². The van der Waals surface area contributed by atoms with Crippen LogP contribution in [0.25, 0.3) is 5.65 Å². The van der Waals surface area contributed by atoms with Crippen LogP contribution in [0.1, 0.15) is 46.5 Å². The molecule has 0 bridgehead atoms. The second kappa shape index (κ2) is 10.4. The maximum absolute atomic E-state index is 9.90. The summed E-state index contributed by atoms with van der Waals surface area (Å²) in [6.07, 6.45) is 13.4. The number of nitrogens with zero attached hydrogens (tertiary/aromatic N) is 3. The fraction of sp³-hybridized carbons (Fsp3) is 0.429. The molecule has 0 radical (unpaired) electrons. The third-order valence-corrected chi connectivity index (χ3v) is 5.24. The number of anilines is 2. The van der Waals surface area contributed by atoms with Crippen LogP contribution in [0.3, 0.4) is 0 Å². The molecule has 7 heteroatoms. The fourth-order valence-electron chi connectivity index (χ4n) is 3.26. The largest absolute Gasteiger partial charge is 0.394 e. The number of aromatic nitrogens is 3. The molecule has 3 N–H and O–H groups in total. The Balaban J connectivity index is 0.00000136. The summed E-state index contributed by atoms with van der Waals surface area (Å²) >= 11 is 3.51. The van der Waals surface area contributed by atoms with Gasteiger partial charge in [0.15, 0.2) is 5.65 Å². The van der Waals surface area contributed by atoms with Gasteiger partial charge in [-0.15, -0.1) is 0 Å². The first-order chi connectivity index (χ1) is 13.6. The zero-order valence-electron chi connectivity index (χ0n) is 16.9. The van der Waals surface area contributed by atoms with Gasteiger partial charge in [0.2, 0.25) is 0 Å². The number of fused-ring (bicyclic) bond motifs is 1. The first-order valence-electron chi connectivity index (χ1n) is 9.76. The highest BCUT2D eigenvalue weighted by Crippen LogP contribution is 2.33. The van der Waals surface area contributed by atoms with Gasteiger partial charge < -0.3 is 15.7 Å². The zero-order valence-corrected chi connectivity index (χ0v) is 18.5. The molecular weight excluding hydrogens is 418 g/mol. The molecule has 28 heavy (non-hydrogen) atoms. The van der Waals surface area contributed by atoms with E-state index in [0.29, 0.717) is 5.65 Å². The van der Waals surface area contributed by atoms with Gasteiger partial charge in [-0.1, -0.05) is 51.5 Å². The Bertz CT molecular complexity index is 850. The predicted molar refractivity (Wildman–Crippen MR) is 121 cm³/mol. The van der Waals surface area contributed by atoms with Crippen molar-refractivity contribution in [3.8, 4) is 0 Å². The molecule has 1 saturated carbocycles. The Morgan fingerprint density at radius 2 is 2.11 bits per heavy atom. The second-order valence-corrected chi connectivity index (χ2v) is 7.34. The molecule has 2 aromatic rings. The van der Waals surface area contributed by atoms with E-state index in [9.17, 15) is 5.11 Å². The van der Waals surface area contributed by atoms with Crippen molar-refractivity contribution in [2.75, 3.05) is 17.2 Å². The molecule has 3 rings (SSSR count). The number of halogens is 1. The molecule has 2 heterocycles. The standard InChI is InChI=1S/C19H24BrN5O.C2H6/c1-3-5-8-14(4-2)22-17-11-16(23-18-15(20)12-21-25(17)18)24-19(13-26)9-6-7-10-19;1-2/h3-5,8,11-12,22,26H,1,6-7,9-10,13H2,2H3,(H,23,24);1-2H3/b8-5-,14-4+;. The average Bonchev–Trinajstić information content (AvgIpc) is 3.34. The first kappa shape index (κ1) is 22.2. The minimum Gasteiger partial charge on any atom is -0.394 e. The average molecular weight is 448 g/mol. The lowest BCUT2D eigenvalue weighted by Crippen LogP contribution is -2.39. The summed E-state index contributed by atoms with van der Waals surface area (Å²) in [6.45, 7) is 9.77. The molecule has 0 amide bonds. The van der Waals surface area contributed by atoms with E-state index < -0.39 is 0 Å². The Morgan fingerprint density at radius 3 is 2.71 bits per heavy atom. The van der Waals surface area contributed by atoms with Crippen LogP contribution < -0.4 is 10.6 Å². The Kier molecular flexibility index (Phi) is 8.26. The van der Waals surface area contributed by atoms with Gasteiger partial charge in [0.25, 0.3) is 0 Å². The topological polar surface area (TPSA) is 74.5 Å². The van der Waals surface area contributed by atoms with E-state index in [1.807, 2.05) is 45.1 Å². The molecular formula is C21H30BrN5O. The Hall–Kier alpha value is -2.12. The maximum atomic E-state index is 9.90. The molecule has 152 valence electrons. The number of hydrogen-bond donors (Lipinski definition) is 3. The van der Waals surface area contributed by atoms with E-state index in [0.717, 1.165) is 47.5 Å². The van der Waals surface area contributed by atoms with Crippen molar-refractivity contribution in [3.05, 3.63) is 53.3 Å². The lowest BCUT2D eigenvalue weighted by molar-refractivity contribution is 0.214. The van der Waals surface area contributed by atoms with Crippen LogP contribution in [0, 0.1) is 0 Å². The van der Waals surface area contributed by atoms with Crippen molar-refractivity contribution in [1.29, 1.82) is 0 Å². The molecule has 0 aromatic carbocycles. The van der Waals surface area contributed by atoms with Crippen molar-refractivity contribution >= 4 is 33.2 Å². The maximum Gasteiger partial charge on any atom is 0.173 e. The van der Waals surface area contributed by atoms with Crippen molar-refractivity contribution in [1.82, 2.24) is 14.6 Å². The van der Waals surface area contributed by atoms with Crippen LogP contribution in [-0.2, 0) is 0 Å². The number of allylic oxidation sites excluding steroid dienone is 4. The number of aliphatic hydroxyl groups excluding tert-OH is 1. The molecule has 6 nitrogen and oxygen atoms in total. The smallest absolute Gasteiger partial charge is 0.173 e. The van der Waals surface area contributed by atoms with E-state index in [4.69, 9.17) is 0 Å². The van der Waals surface area contributed by atoms with Gasteiger partial charge in [0.1, 0.15) is 11.6 Å². The first-order valence-corrected chi connectivity index (χ1v) is 10.6. The molecule has 0 saturated heterocycles. The van der Waals surface area contributed by atoms with Gasteiger partial charge in [-0.05, 0) is 41.8 Å². The number of hydrogen-bond acceptors (Lipinski definition) is 5. The normalized spacial score (nSPS) is 16.1.